The Labute approximate surface area is 216 Å². The first kappa shape index (κ1) is 28.3. The monoisotopic (exact) mass is 482 g/mol. The van der Waals surface area contributed by atoms with Crippen molar-refractivity contribution in [2.45, 2.75) is 161 Å². The Bertz CT molecular complexity index is 677. The van der Waals surface area contributed by atoms with Crippen molar-refractivity contribution >= 4 is 5.97 Å². The maximum absolute atomic E-state index is 13.6. The Balaban J connectivity index is 2.01. The molecule has 0 saturated heterocycles. The minimum absolute atomic E-state index is 0.567. The second-order valence-corrected chi connectivity index (χ2v) is 11.7. The summed E-state index contributed by atoms with van der Waals surface area (Å²) in [5, 5.41) is 11.2. The van der Waals surface area contributed by atoms with Gasteiger partial charge in [-0.15, -0.1) is 0 Å². The molecule has 2 nitrogen and oxygen atoms in total. The standard InChI is InChI=1S/C33H54O2/c34-32(35)33(30-24-18-12-6-2-7-13-19-25-30,31-26-20-14-8-3-9-15-21-27-31)28-29-22-16-10-4-1-5-11-17-23-29/h22,24,26H,1-21,23,25,27-28H2,(H,34,35). The van der Waals surface area contributed by atoms with Gasteiger partial charge in [0.25, 0.3) is 0 Å². The van der Waals surface area contributed by atoms with Crippen LogP contribution in [0.1, 0.15) is 161 Å². The molecule has 3 aliphatic rings. The Kier molecular flexibility index (Phi) is 13.3. The lowest BCUT2D eigenvalue weighted by Crippen LogP contribution is -2.36. The molecule has 0 heterocycles. The lowest BCUT2D eigenvalue weighted by molar-refractivity contribution is -0.144. The number of carbonyl (C=O) groups is 1. The fourth-order valence-electron chi connectivity index (χ4n) is 6.76. The van der Waals surface area contributed by atoms with Crippen molar-refractivity contribution in [1.29, 1.82) is 0 Å². The highest BCUT2D eigenvalue weighted by Crippen LogP contribution is 2.48. The van der Waals surface area contributed by atoms with Crippen LogP contribution in [0.5, 0.6) is 0 Å². The van der Waals surface area contributed by atoms with Gasteiger partial charge < -0.3 is 5.11 Å². The van der Waals surface area contributed by atoms with Gasteiger partial charge in [0.05, 0.1) is 0 Å². The van der Waals surface area contributed by atoms with Crippen LogP contribution in [0.3, 0.4) is 0 Å². The molecule has 2 heteroatoms. The minimum atomic E-state index is -0.811. The lowest BCUT2D eigenvalue weighted by Gasteiger charge is -2.37. The average Bonchev–Trinajstić information content (AvgIpc) is 2.88. The van der Waals surface area contributed by atoms with E-state index in [9.17, 15) is 9.90 Å². The van der Waals surface area contributed by atoms with Crippen molar-refractivity contribution in [3.8, 4) is 0 Å². The number of rotatable bonds is 5. The topological polar surface area (TPSA) is 37.3 Å². The number of aliphatic carboxylic acids is 1. The zero-order valence-electron chi connectivity index (χ0n) is 22.8. The average molecular weight is 483 g/mol. The van der Waals surface area contributed by atoms with E-state index in [2.05, 4.69) is 18.2 Å². The van der Waals surface area contributed by atoms with Crippen molar-refractivity contribution in [1.82, 2.24) is 0 Å². The minimum Gasteiger partial charge on any atom is -0.480 e. The van der Waals surface area contributed by atoms with Crippen LogP contribution in [-0.4, -0.2) is 11.1 Å². The van der Waals surface area contributed by atoms with E-state index < -0.39 is 11.4 Å². The Morgan fingerprint density at radius 2 is 0.914 bits per heavy atom. The summed E-state index contributed by atoms with van der Waals surface area (Å²) in [7, 11) is 0. The molecule has 0 bridgehead atoms. The first-order valence-corrected chi connectivity index (χ1v) is 15.5. The fourth-order valence-corrected chi connectivity index (χ4v) is 6.76. The Hall–Kier alpha value is -1.31. The maximum atomic E-state index is 13.6. The third kappa shape index (κ3) is 9.25. The molecule has 35 heavy (non-hydrogen) atoms. The van der Waals surface area contributed by atoms with Crippen LogP contribution < -0.4 is 0 Å². The highest BCUT2D eigenvalue weighted by atomic mass is 16.4. The summed E-state index contributed by atoms with van der Waals surface area (Å²) in [6.45, 7) is 0. The quantitative estimate of drug-likeness (QED) is 0.396. The molecule has 0 atom stereocenters. The highest BCUT2D eigenvalue weighted by molar-refractivity contribution is 5.83. The summed E-state index contributed by atoms with van der Waals surface area (Å²) in [6, 6.07) is 0. The van der Waals surface area contributed by atoms with Crippen molar-refractivity contribution in [3.05, 3.63) is 34.9 Å². The summed E-state index contributed by atoms with van der Waals surface area (Å²) in [5.74, 6) is -0.567. The Morgan fingerprint density at radius 3 is 1.37 bits per heavy atom. The van der Waals surface area contributed by atoms with Crippen LogP contribution in [0, 0.1) is 5.41 Å². The maximum Gasteiger partial charge on any atom is 0.318 e. The lowest BCUT2D eigenvalue weighted by atomic mass is 9.65. The van der Waals surface area contributed by atoms with Crippen LogP contribution in [0.4, 0.5) is 0 Å². The van der Waals surface area contributed by atoms with Crippen LogP contribution in [-0.2, 0) is 4.79 Å². The molecule has 0 aromatic rings. The van der Waals surface area contributed by atoms with E-state index in [4.69, 9.17) is 0 Å². The van der Waals surface area contributed by atoms with Gasteiger partial charge in [-0.05, 0) is 83.5 Å². The van der Waals surface area contributed by atoms with Crippen molar-refractivity contribution < 1.29 is 9.90 Å². The van der Waals surface area contributed by atoms with E-state index >= 15 is 0 Å². The van der Waals surface area contributed by atoms with Crippen LogP contribution in [0.25, 0.3) is 0 Å². The molecule has 0 saturated carbocycles. The fraction of sp³-hybridized carbons (Fsp3) is 0.788. The number of allylic oxidation sites excluding steroid dienone is 4. The van der Waals surface area contributed by atoms with Gasteiger partial charge >= 0.3 is 5.97 Å². The Morgan fingerprint density at radius 1 is 0.543 bits per heavy atom. The normalized spacial score (nSPS) is 24.6. The molecule has 3 aliphatic carbocycles. The van der Waals surface area contributed by atoms with E-state index in [1.807, 2.05) is 0 Å². The first-order valence-electron chi connectivity index (χ1n) is 15.5. The number of carboxylic acids is 1. The molecule has 198 valence electrons. The first-order chi connectivity index (χ1) is 17.2. The predicted octanol–water partition coefficient (Wildman–Crippen LogP) is 10.6. The summed E-state index contributed by atoms with van der Waals surface area (Å²) >= 11 is 0. The number of hydrogen-bond donors (Lipinski definition) is 1. The van der Waals surface area contributed by atoms with Gasteiger partial charge in [-0.2, -0.15) is 0 Å². The molecule has 3 rings (SSSR count). The van der Waals surface area contributed by atoms with E-state index in [0.717, 1.165) is 57.8 Å². The van der Waals surface area contributed by atoms with Crippen LogP contribution >= 0.6 is 0 Å². The summed E-state index contributed by atoms with van der Waals surface area (Å²) < 4.78 is 0. The van der Waals surface area contributed by atoms with Gasteiger partial charge in [-0.1, -0.05) is 112 Å². The third-order valence-corrected chi connectivity index (χ3v) is 8.92. The molecular formula is C33H54O2. The van der Waals surface area contributed by atoms with E-state index in [-0.39, 0.29) is 0 Å². The van der Waals surface area contributed by atoms with Gasteiger partial charge in [-0.25, -0.2) is 0 Å². The van der Waals surface area contributed by atoms with Gasteiger partial charge in [0, 0.05) is 0 Å². The molecule has 0 unspecified atom stereocenters. The molecule has 0 amide bonds. The summed E-state index contributed by atoms with van der Waals surface area (Å²) in [5.41, 5.74) is 3.14. The SMILES string of the molecule is O=C(O)C(CC1=CCCCCCCCC1)(C1=CCCCCCCCC1)C1=CCCCCCCCC1. The van der Waals surface area contributed by atoms with E-state index in [1.165, 1.54) is 119 Å². The third-order valence-electron chi connectivity index (χ3n) is 8.92. The zero-order valence-corrected chi connectivity index (χ0v) is 22.8. The van der Waals surface area contributed by atoms with Crippen molar-refractivity contribution in [2.24, 2.45) is 5.41 Å². The second-order valence-electron chi connectivity index (χ2n) is 11.7. The molecule has 0 fully saturated rings. The summed E-state index contributed by atoms with van der Waals surface area (Å²) in [6.07, 6.45) is 37.1. The molecule has 0 aliphatic heterocycles. The molecule has 0 aromatic heterocycles. The van der Waals surface area contributed by atoms with E-state index in [1.54, 1.807) is 0 Å². The molecule has 0 aromatic carbocycles. The van der Waals surface area contributed by atoms with Crippen LogP contribution in [0.15, 0.2) is 34.9 Å². The molecule has 1 N–H and O–H groups in total. The highest BCUT2D eigenvalue weighted by Gasteiger charge is 2.45. The zero-order chi connectivity index (χ0) is 24.6. The van der Waals surface area contributed by atoms with Crippen molar-refractivity contribution in [3.63, 3.8) is 0 Å². The van der Waals surface area contributed by atoms with Crippen molar-refractivity contribution in [2.75, 3.05) is 0 Å². The number of carboxylic acid groups (broad SMARTS) is 1. The van der Waals surface area contributed by atoms with Gasteiger partial charge in [-0.3, -0.25) is 4.79 Å². The molecular weight excluding hydrogens is 428 g/mol. The van der Waals surface area contributed by atoms with E-state index in [0.29, 0.717) is 0 Å². The predicted molar refractivity (Wildman–Crippen MR) is 150 cm³/mol. The second kappa shape index (κ2) is 16.4. The largest absolute Gasteiger partial charge is 0.480 e. The van der Waals surface area contributed by atoms with Gasteiger partial charge in [0.2, 0.25) is 0 Å². The molecule has 0 spiro atoms. The molecule has 0 radical (unpaired) electrons. The smallest absolute Gasteiger partial charge is 0.318 e. The van der Waals surface area contributed by atoms with Crippen LogP contribution in [0.2, 0.25) is 0 Å². The number of hydrogen-bond acceptors (Lipinski definition) is 1. The van der Waals surface area contributed by atoms with Gasteiger partial charge in [0.15, 0.2) is 0 Å². The summed E-state index contributed by atoms with van der Waals surface area (Å²) in [4.78, 5) is 13.6. The van der Waals surface area contributed by atoms with Gasteiger partial charge in [0.1, 0.15) is 5.41 Å².